The standard InChI is InChI=1S/C7H10O3/c1-3-5-10-7(9)6(8)4-2/h3H,1,4-5H2,2H3. The number of ether oxygens (including phenoxy) is 1. The van der Waals surface area contributed by atoms with Crippen LogP contribution >= 0.6 is 0 Å². The van der Waals surface area contributed by atoms with Crippen molar-refractivity contribution >= 4 is 11.8 Å². The lowest BCUT2D eigenvalue weighted by Gasteiger charge is -1.96. The highest BCUT2D eigenvalue weighted by Crippen LogP contribution is 1.85. The average Bonchev–Trinajstić information content (AvgIpc) is 1.98. The first kappa shape index (κ1) is 8.88. The first-order valence-electron chi connectivity index (χ1n) is 3.03. The van der Waals surface area contributed by atoms with E-state index < -0.39 is 11.8 Å². The van der Waals surface area contributed by atoms with Crippen LogP contribution in [-0.4, -0.2) is 18.4 Å². The molecule has 56 valence electrons. The van der Waals surface area contributed by atoms with E-state index in [1.807, 2.05) is 0 Å². The number of esters is 1. The van der Waals surface area contributed by atoms with E-state index in [1.165, 1.54) is 6.08 Å². The van der Waals surface area contributed by atoms with Crippen LogP contribution in [0.5, 0.6) is 0 Å². The molecule has 0 aromatic carbocycles. The quantitative estimate of drug-likeness (QED) is 0.329. The van der Waals surface area contributed by atoms with Crippen molar-refractivity contribution in [3.63, 3.8) is 0 Å². The van der Waals surface area contributed by atoms with Crippen molar-refractivity contribution in [3.8, 4) is 0 Å². The largest absolute Gasteiger partial charge is 0.456 e. The highest BCUT2D eigenvalue weighted by Gasteiger charge is 2.10. The number of hydrogen-bond donors (Lipinski definition) is 0. The van der Waals surface area contributed by atoms with E-state index in [2.05, 4.69) is 11.3 Å². The number of hydrogen-bond acceptors (Lipinski definition) is 3. The number of Topliss-reactive ketones (excluding diaryl/α,β-unsaturated/α-hetero) is 1. The third-order valence-electron chi connectivity index (χ3n) is 0.881. The van der Waals surface area contributed by atoms with Gasteiger partial charge in [-0.2, -0.15) is 0 Å². The molecule has 0 aliphatic heterocycles. The molecule has 0 heterocycles. The summed E-state index contributed by atoms with van der Waals surface area (Å²) in [5, 5.41) is 0. The second-order valence-corrected chi connectivity index (χ2v) is 1.66. The second-order valence-electron chi connectivity index (χ2n) is 1.66. The highest BCUT2D eigenvalue weighted by molar-refractivity contribution is 6.33. The van der Waals surface area contributed by atoms with E-state index in [0.29, 0.717) is 0 Å². The average molecular weight is 142 g/mol. The van der Waals surface area contributed by atoms with Gasteiger partial charge in [0, 0.05) is 6.42 Å². The van der Waals surface area contributed by atoms with E-state index in [0.717, 1.165) is 0 Å². The van der Waals surface area contributed by atoms with Gasteiger partial charge in [-0.25, -0.2) is 4.79 Å². The van der Waals surface area contributed by atoms with Gasteiger partial charge in [0.1, 0.15) is 6.61 Å². The molecule has 0 atom stereocenters. The zero-order valence-electron chi connectivity index (χ0n) is 5.92. The summed E-state index contributed by atoms with van der Waals surface area (Å²) < 4.78 is 4.44. The van der Waals surface area contributed by atoms with Crippen molar-refractivity contribution < 1.29 is 14.3 Å². The SMILES string of the molecule is C=CCOC(=O)C(=O)CC. The fourth-order valence-electron chi connectivity index (χ4n) is 0.359. The molecule has 0 spiro atoms. The Morgan fingerprint density at radius 1 is 1.60 bits per heavy atom. The van der Waals surface area contributed by atoms with Crippen molar-refractivity contribution in [2.75, 3.05) is 6.61 Å². The van der Waals surface area contributed by atoms with Gasteiger partial charge in [-0.15, -0.1) is 0 Å². The molecule has 0 fully saturated rings. The summed E-state index contributed by atoms with van der Waals surface area (Å²) in [7, 11) is 0. The lowest BCUT2D eigenvalue weighted by molar-refractivity contribution is -0.152. The number of carbonyl (C=O) groups excluding carboxylic acids is 2. The van der Waals surface area contributed by atoms with Gasteiger partial charge in [0.05, 0.1) is 0 Å². The molecule has 3 heteroatoms. The zero-order chi connectivity index (χ0) is 7.98. The fraction of sp³-hybridized carbons (Fsp3) is 0.429. The molecular weight excluding hydrogens is 132 g/mol. The maximum Gasteiger partial charge on any atom is 0.374 e. The maximum absolute atomic E-state index is 10.5. The molecule has 0 bridgehead atoms. The minimum atomic E-state index is -0.776. The van der Waals surface area contributed by atoms with Crippen LogP contribution in [0.1, 0.15) is 13.3 Å². The molecule has 0 aliphatic rings. The summed E-state index contributed by atoms with van der Waals surface area (Å²) in [6, 6.07) is 0. The zero-order valence-corrected chi connectivity index (χ0v) is 5.92. The van der Waals surface area contributed by atoms with Crippen LogP contribution in [0.4, 0.5) is 0 Å². The van der Waals surface area contributed by atoms with E-state index >= 15 is 0 Å². The normalized spacial score (nSPS) is 8.50. The summed E-state index contributed by atoms with van der Waals surface area (Å²) in [4.78, 5) is 21.0. The minimum absolute atomic E-state index is 0.102. The molecule has 3 nitrogen and oxygen atoms in total. The number of rotatable bonds is 4. The molecule has 0 N–H and O–H groups in total. The topological polar surface area (TPSA) is 43.4 Å². The molecule has 0 aromatic heterocycles. The Morgan fingerprint density at radius 3 is 2.60 bits per heavy atom. The molecule has 0 rings (SSSR count). The second kappa shape index (κ2) is 4.73. The van der Waals surface area contributed by atoms with Crippen LogP contribution in [0.3, 0.4) is 0 Å². The van der Waals surface area contributed by atoms with E-state index in [4.69, 9.17) is 0 Å². The summed E-state index contributed by atoms with van der Waals surface area (Å²) in [6.45, 7) is 5.04. The number of carbonyl (C=O) groups is 2. The fourth-order valence-corrected chi connectivity index (χ4v) is 0.359. The molecule has 0 aromatic rings. The molecule has 0 amide bonds. The van der Waals surface area contributed by atoms with Crippen molar-refractivity contribution in [2.24, 2.45) is 0 Å². The third kappa shape index (κ3) is 3.02. The van der Waals surface area contributed by atoms with Gasteiger partial charge in [-0.1, -0.05) is 19.6 Å². The Bertz CT molecular complexity index is 149. The van der Waals surface area contributed by atoms with E-state index in [9.17, 15) is 9.59 Å². The van der Waals surface area contributed by atoms with Gasteiger partial charge >= 0.3 is 5.97 Å². The van der Waals surface area contributed by atoms with Crippen LogP contribution in [-0.2, 0) is 14.3 Å². The predicted octanol–water partition coefficient (Wildman–Crippen LogP) is 0.695. The monoisotopic (exact) mass is 142 g/mol. The highest BCUT2D eigenvalue weighted by atomic mass is 16.5. The van der Waals surface area contributed by atoms with Gasteiger partial charge in [-0.3, -0.25) is 4.79 Å². The van der Waals surface area contributed by atoms with Crippen LogP contribution < -0.4 is 0 Å². The Morgan fingerprint density at radius 2 is 2.20 bits per heavy atom. The molecule has 0 radical (unpaired) electrons. The molecule has 0 unspecified atom stereocenters. The summed E-state index contributed by atoms with van der Waals surface area (Å²) in [5.41, 5.74) is 0. The molecule has 0 saturated heterocycles. The van der Waals surface area contributed by atoms with Gasteiger partial charge in [0.25, 0.3) is 0 Å². The van der Waals surface area contributed by atoms with Crippen LogP contribution in [0.2, 0.25) is 0 Å². The van der Waals surface area contributed by atoms with Gasteiger partial charge in [0.15, 0.2) is 0 Å². The molecular formula is C7H10O3. The first-order chi connectivity index (χ1) is 4.72. The molecule has 0 saturated carbocycles. The Balaban J connectivity index is 3.62. The van der Waals surface area contributed by atoms with Gasteiger partial charge < -0.3 is 4.74 Å². The van der Waals surface area contributed by atoms with Gasteiger partial charge in [0.2, 0.25) is 5.78 Å². The first-order valence-corrected chi connectivity index (χ1v) is 3.03. The third-order valence-corrected chi connectivity index (χ3v) is 0.881. The van der Waals surface area contributed by atoms with Crippen LogP contribution in [0.25, 0.3) is 0 Å². The Hall–Kier alpha value is -1.12. The Kier molecular flexibility index (Phi) is 4.20. The lowest BCUT2D eigenvalue weighted by atomic mass is 10.3. The van der Waals surface area contributed by atoms with Crippen molar-refractivity contribution in [2.45, 2.75) is 13.3 Å². The van der Waals surface area contributed by atoms with Crippen molar-refractivity contribution in [1.29, 1.82) is 0 Å². The summed E-state index contributed by atoms with van der Waals surface area (Å²) >= 11 is 0. The predicted molar refractivity (Wildman–Crippen MR) is 36.5 cm³/mol. The van der Waals surface area contributed by atoms with Gasteiger partial charge in [-0.05, 0) is 0 Å². The van der Waals surface area contributed by atoms with Crippen molar-refractivity contribution in [3.05, 3.63) is 12.7 Å². The number of ketones is 1. The smallest absolute Gasteiger partial charge is 0.374 e. The Labute approximate surface area is 59.7 Å². The lowest BCUT2D eigenvalue weighted by Crippen LogP contribution is -2.15. The summed E-state index contributed by atoms with van der Waals surface area (Å²) in [6.07, 6.45) is 1.61. The molecule has 10 heavy (non-hydrogen) atoms. The molecule has 0 aliphatic carbocycles. The van der Waals surface area contributed by atoms with Crippen molar-refractivity contribution in [1.82, 2.24) is 0 Å². The minimum Gasteiger partial charge on any atom is -0.456 e. The maximum atomic E-state index is 10.5. The van der Waals surface area contributed by atoms with Crippen LogP contribution in [0, 0.1) is 0 Å². The van der Waals surface area contributed by atoms with E-state index in [1.54, 1.807) is 6.92 Å². The van der Waals surface area contributed by atoms with E-state index in [-0.39, 0.29) is 13.0 Å². The summed E-state index contributed by atoms with van der Waals surface area (Å²) in [5.74, 6) is -1.27. The van der Waals surface area contributed by atoms with Crippen LogP contribution in [0.15, 0.2) is 12.7 Å².